The standard InChI is InChI=1S/C44H43Cl3N6O4/c1-7-43(3,4)28-19-20-36(32(22-28)44(5,6)8-2)57-25-37(54)48-30-16-11-15-27(21-30)41(55)49-40-38(51-50-35-18-12-14-26-13-9-10-17-31(26)35)42(56)53(52-40)39-33(46)23-29(45)24-34(39)47/h9-24,38H,7-8,25H2,1-6H3,(H,48,54)(H,49,52,55). The van der Waals surface area contributed by atoms with Crippen molar-refractivity contribution >= 4 is 86.2 Å². The van der Waals surface area contributed by atoms with Crippen LogP contribution in [0.3, 0.4) is 0 Å². The summed E-state index contributed by atoms with van der Waals surface area (Å²) < 4.78 is 6.11. The molecule has 0 saturated carbocycles. The minimum atomic E-state index is -1.36. The average molecular weight is 826 g/mol. The number of carbonyl (C=O) groups is 3. The van der Waals surface area contributed by atoms with Gasteiger partial charge >= 0.3 is 0 Å². The first-order valence-corrected chi connectivity index (χ1v) is 19.7. The summed E-state index contributed by atoms with van der Waals surface area (Å²) in [5.41, 5.74) is 3.19. The van der Waals surface area contributed by atoms with E-state index in [1.54, 1.807) is 24.3 Å². The second kappa shape index (κ2) is 17.1. The number of anilines is 2. The highest BCUT2D eigenvalue weighted by Gasteiger charge is 2.40. The Hall–Kier alpha value is -5.29. The molecule has 1 aliphatic heterocycles. The SMILES string of the molecule is CCC(C)(C)c1ccc(OCC(=O)Nc2cccc(C(=O)NC3=NN(c4c(Cl)cc(Cl)cc4Cl)C(=O)C3N=Nc3cccc4ccccc34)c2)c(C(C)(C)CC)c1. The molecule has 1 atom stereocenters. The lowest BCUT2D eigenvalue weighted by Gasteiger charge is -2.30. The van der Waals surface area contributed by atoms with E-state index in [2.05, 4.69) is 79.6 Å². The molecule has 0 bridgehead atoms. The number of carbonyl (C=O) groups excluding carboxylic acids is 3. The maximum Gasteiger partial charge on any atom is 0.282 e. The summed E-state index contributed by atoms with van der Waals surface area (Å²) in [7, 11) is 0. The number of hydrazone groups is 1. The van der Waals surface area contributed by atoms with E-state index in [9.17, 15) is 14.4 Å². The van der Waals surface area contributed by atoms with Gasteiger partial charge in [-0.2, -0.15) is 15.2 Å². The second-order valence-electron chi connectivity index (χ2n) is 15.0. The van der Waals surface area contributed by atoms with Gasteiger partial charge in [-0.1, -0.05) is 131 Å². The Bertz CT molecular complexity index is 2400. The molecule has 57 heavy (non-hydrogen) atoms. The predicted molar refractivity (Wildman–Crippen MR) is 230 cm³/mol. The molecule has 2 N–H and O–H groups in total. The number of amides is 3. The molecule has 1 aliphatic rings. The molecule has 294 valence electrons. The van der Waals surface area contributed by atoms with E-state index in [1.807, 2.05) is 42.5 Å². The lowest BCUT2D eigenvalue weighted by molar-refractivity contribution is -0.118. The largest absolute Gasteiger partial charge is 0.483 e. The van der Waals surface area contributed by atoms with Crippen molar-refractivity contribution in [3.05, 3.63) is 129 Å². The summed E-state index contributed by atoms with van der Waals surface area (Å²) >= 11 is 19.1. The van der Waals surface area contributed by atoms with Crippen LogP contribution in [0.4, 0.5) is 17.1 Å². The van der Waals surface area contributed by atoms with Gasteiger partial charge in [-0.3, -0.25) is 14.4 Å². The van der Waals surface area contributed by atoms with Gasteiger partial charge in [0.15, 0.2) is 12.4 Å². The van der Waals surface area contributed by atoms with E-state index in [0.717, 1.165) is 34.2 Å². The highest BCUT2D eigenvalue weighted by Crippen LogP contribution is 2.40. The molecule has 1 unspecified atom stereocenters. The summed E-state index contributed by atoms with van der Waals surface area (Å²) in [5.74, 6) is -1.14. The molecule has 0 fully saturated rings. The van der Waals surface area contributed by atoms with Crippen molar-refractivity contribution in [2.75, 3.05) is 16.9 Å². The molecule has 5 aromatic carbocycles. The van der Waals surface area contributed by atoms with Crippen LogP contribution in [-0.2, 0) is 20.4 Å². The molecule has 0 saturated heterocycles. The highest BCUT2D eigenvalue weighted by molar-refractivity contribution is 6.43. The third kappa shape index (κ3) is 9.14. The maximum absolute atomic E-state index is 13.9. The van der Waals surface area contributed by atoms with Crippen molar-refractivity contribution in [1.82, 2.24) is 5.32 Å². The number of hydrogen-bond donors (Lipinski definition) is 2. The van der Waals surface area contributed by atoms with E-state index in [4.69, 9.17) is 39.5 Å². The van der Waals surface area contributed by atoms with Crippen molar-refractivity contribution in [3.63, 3.8) is 0 Å². The van der Waals surface area contributed by atoms with Crippen LogP contribution in [0.1, 0.15) is 75.9 Å². The first-order chi connectivity index (χ1) is 27.1. The lowest BCUT2D eigenvalue weighted by atomic mass is 9.76. The molecule has 13 heteroatoms. The van der Waals surface area contributed by atoms with Crippen LogP contribution >= 0.6 is 34.8 Å². The zero-order valence-corrected chi connectivity index (χ0v) is 34.8. The molecule has 0 aromatic heterocycles. The van der Waals surface area contributed by atoms with Crippen molar-refractivity contribution in [2.24, 2.45) is 15.3 Å². The normalized spacial score (nSPS) is 14.6. The van der Waals surface area contributed by atoms with Crippen LogP contribution in [0, 0.1) is 0 Å². The molecule has 3 amide bonds. The number of ether oxygens (including phenoxy) is 1. The van der Waals surface area contributed by atoms with Crippen molar-refractivity contribution in [2.45, 2.75) is 71.3 Å². The summed E-state index contributed by atoms with van der Waals surface area (Å²) in [5, 5.41) is 21.8. The Morgan fingerprint density at radius 2 is 1.51 bits per heavy atom. The Balaban J connectivity index is 1.21. The van der Waals surface area contributed by atoms with Gasteiger partial charge in [0, 0.05) is 27.2 Å². The van der Waals surface area contributed by atoms with Crippen molar-refractivity contribution in [3.8, 4) is 5.75 Å². The highest BCUT2D eigenvalue weighted by atomic mass is 35.5. The van der Waals surface area contributed by atoms with Crippen molar-refractivity contribution < 1.29 is 19.1 Å². The molecule has 6 rings (SSSR count). The van der Waals surface area contributed by atoms with Crippen LogP contribution in [0.25, 0.3) is 10.8 Å². The second-order valence-corrected chi connectivity index (χ2v) is 16.3. The van der Waals surface area contributed by atoms with Gasteiger partial charge in [0.05, 0.1) is 15.7 Å². The molecule has 5 aromatic rings. The number of nitrogens with zero attached hydrogens (tertiary/aromatic N) is 4. The molecular formula is C44H43Cl3N6O4. The Morgan fingerprint density at radius 1 is 0.825 bits per heavy atom. The first-order valence-electron chi connectivity index (χ1n) is 18.6. The monoisotopic (exact) mass is 824 g/mol. The summed E-state index contributed by atoms with van der Waals surface area (Å²) in [6.45, 7) is 12.8. The number of amidine groups is 1. The third-order valence-electron chi connectivity index (χ3n) is 10.4. The van der Waals surface area contributed by atoms with Gasteiger partial charge in [0.1, 0.15) is 11.4 Å². The zero-order chi connectivity index (χ0) is 41.1. The number of nitrogens with one attached hydrogen (secondary N) is 2. The molecule has 0 radical (unpaired) electrons. The van der Waals surface area contributed by atoms with Gasteiger partial charge < -0.3 is 15.4 Å². The topological polar surface area (TPSA) is 125 Å². The van der Waals surface area contributed by atoms with Crippen LogP contribution < -0.4 is 20.4 Å². The summed E-state index contributed by atoms with van der Waals surface area (Å²) in [6, 6.07) is 27.2. The quantitative estimate of drug-likeness (QED) is 0.122. The van der Waals surface area contributed by atoms with E-state index in [1.165, 1.54) is 23.8 Å². The van der Waals surface area contributed by atoms with Gasteiger partial charge in [-0.25, -0.2) is 0 Å². The van der Waals surface area contributed by atoms with Crippen LogP contribution in [-0.4, -0.2) is 36.2 Å². The van der Waals surface area contributed by atoms with Gasteiger partial charge in [0.2, 0.25) is 6.04 Å². The lowest BCUT2D eigenvalue weighted by Crippen LogP contribution is -2.39. The average Bonchev–Trinajstić information content (AvgIpc) is 3.48. The van der Waals surface area contributed by atoms with E-state index >= 15 is 0 Å². The minimum Gasteiger partial charge on any atom is -0.483 e. The number of fused-ring (bicyclic) bond motifs is 1. The molecule has 10 nitrogen and oxygen atoms in total. The van der Waals surface area contributed by atoms with Gasteiger partial charge in [-0.05, 0) is 77.1 Å². The third-order valence-corrected chi connectivity index (χ3v) is 11.2. The fourth-order valence-electron chi connectivity index (χ4n) is 6.22. The number of benzene rings is 5. The Kier molecular flexibility index (Phi) is 12.4. The van der Waals surface area contributed by atoms with Crippen LogP contribution in [0.5, 0.6) is 5.75 Å². The van der Waals surface area contributed by atoms with E-state index in [-0.39, 0.29) is 49.6 Å². The molecule has 0 aliphatic carbocycles. The Morgan fingerprint density at radius 3 is 2.23 bits per heavy atom. The Labute approximate surface area is 347 Å². The fraction of sp³-hybridized carbons (Fsp3) is 0.273. The zero-order valence-electron chi connectivity index (χ0n) is 32.5. The van der Waals surface area contributed by atoms with E-state index < -0.39 is 23.8 Å². The number of halogens is 3. The first kappa shape index (κ1) is 41.3. The summed E-state index contributed by atoms with van der Waals surface area (Å²) in [4.78, 5) is 40.9. The van der Waals surface area contributed by atoms with Crippen molar-refractivity contribution in [1.29, 1.82) is 0 Å². The van der Waals surface area contributed by atoms with Crippen LogP contribution in [0.15, 0.2) is 112 Å². The molecule has 0 spiro atoms. The summed E-state index contributed by atoms with van der Waals surface area (Å²) in [6.07, 6.45) is 1.86. The number of hydrogen-bond acceptors (Lipinski definition) is 7. The van der Waals surface area contributed by atoms with Gasteiger partial charge in [0.25, 0.3) is 17.7 Å². The smallest absolute Gasteiger partial charge is 0.282 e. The number of azo groups is 1. The molecular weight excluding hydrogens is 783 g/mol. The maximum atomic E-state index is 13.9. The van der Waals surface area contributed by atoms with Gasteiger partial charge in [-0.15, -0.1) is 5.10 Å². The van der Waals surface area contributed by atoms with E-state index in [0.29, 0.717) is 17.1 Å². The fourth-order valence-corrected chi connectivity index (χ4v) is 7.20. The predicted octanol–water partition coefficient (Wildman–Crippen LogP) is 11.4. The number of rotatable bonds is 12. The minimum absolute atomic E-state index is 0.00823. The molecule has 1 heterocycles. The van der Waals surface area contributed by atoms with Crippen LogP contribution in [0.2, 0.25) is 15.1 Å².